The van der Waals surface area contributed by atoms with Crippen LogP contribution in [0.15, 0.2) is 4.99 Å². The number of thiazole rings is 1. The molecule has 1 aliphatic rings. The van der Waals surface area contributed by atoms with E-state index >= 15 is 0 Å². The second kappa shape index (κ2) is 8.28. The van der Waals surface area contributed by atoms with Crippen LogP contribution in [0, 0.1) is 19.3 Å². The number of guanidine groups is 1. The van der Waals surface area contributed by atoms with Crippen molar-refractivity contribution in [1.82, 2.24) is 15.6 Å². The van der Waals surface area contributed by atoms with E-state index in [2.05, 4.69) is 41.4 Å². The number of halogens is 1. The summed E-state index contributed by atoms with van der Waals surface area (Å²) in [6, 6.07) is 0. The minimum atomic E-state index is 0. The van der Waals surface area contributed by atoms with E-state index in [4.69, 9.17) is 4.74 Å². The molecule has 1 aliphatic heterocycles. The normalized spacial score (nSPS) is 16.9. The van der Waals surface area contributed by atoms with Gasteiger partial charge in [0.1, 0.15) is 0 Å². The predicted molar refractivity (Wildman–Crippen MR) is 99.0 cm³/mol. The van der Waals surface area contributed by atoms with E-state index in [0.29, 0.717) is 0 Å². The minimum absolute atomic E-state index is 0. The van der Waals surface area contributed by atoms with Crippen molar-refractivity contribution in [1.29, 1.82) is 0 Å². The smallest absolute Gasteiger partial charge is 0.191 e. The van der Waals surface area contributed by atoms with Gasteiger partial charge in [-0.05, 0) is 13.8 Å². The molecule has 0 amide bonds. The van der Waals surface area contributed by atoms with Gasteiger partial charge in [-0.3, -0.25) is 4.99 Å². The first kappa shape index (κ1) is 18.6. The highest BCUT2D eigenvalue weighted by Gasteiger charge is 2.33. The molecule has 0 unspecified atom stereocenters. The Bertz CT molecular complexity index is 466. The lowest BCUT2D eigenvalue weighted by molar-refractivity contribution is -0.0971. The summed E-state index contributed by atoms with van der Waals surface area (Å²) in [6.45, 7) is 9.79. The lowest BCUT2D eigenvalue weighted by Gasteiger charge is -2.38. The topological polar surface area (TPSA) is 58.5 Å². The lowest BCUT2D eigenvalue weighted by Crippen LogP contribution is -2.51. The van der Waals surface area contributed by atoms with Gasteiger partial charge in [-0.15, -0.1) is 35.3 Å². The molecule has 7 heteroatoms. The zero-order chi connectivity index (χ0) is 14.6. The standard InChI is InChI=1S/C14H24N4OS.HI/c1-10-11(2)20-12(18-10)5-6-16-13(15-4)17-7-14(3)8-19-9-14;/h5-9H2,1-4H3,(H2,15,16,17);1H. The average molecular weight is 424 g/mol. The molecule has 0 aromatic carbocycles. The fourth-order valence-electron chi connectivity index (χ4n) is 2.00. The van der Waals surface area contributed by atoms with Gasteiger partial charge in [-0.2, -0.15) is 0 Å². The monoisotopic (exact) mass is 424 g/mol. The van der Waals surface area contributed by atoms with Gasteiger partial charge in [0.2, 0.25) is 0 Å². The van der Waals surface area contributed by atoms with Crippen molar-refractivity contribution < 1.29 is 4.74 Å². The van der Waals surface area contributed by atoms with Crippen molar-refractivity contribution in [3.05, 3.63) is 15.6 Å². The number of hydrogen-bond acceptors (Lipinski definition) is 4. The molecule has 1 fully saturated rings. The van der Waals surface area contributed by atoms with Gasteiger partial charge in [0.05, 0.1) is 23.9 Å². The molecule has 0 bridgehead atoms. The second-order valence-corrected chi connectivity index (χ2v) is 6.94. The number of nitrogens with zero attached hydrogens (tertiary/aromatic N) is 2. The van der Waals surface area contributed by atoms with Crippen LogP contribution in [0.5, 0.6) is 0 Å². The third-order valence-electron chi connectivity index (χ3n) is 3.51. The number of hydrogen-bond donors (Lipinski definition) is 2. The van der Waals surface area contributed by atoms with E-state index in [1.54, 1.807) is 18.4 Å². The Morgan fingerprint density at radius 1 is 1.38 bits per heavy atom. The third-order valence-corrected chi connectivity index (χ3v) is 4.64. The van der Waals surface area contributed by atoms with Crippen LogP contribution in [-0.4, -0.2) is 44.3 Å². The molecular weight excluding hydrogens is 399 g/mol. The van der Waals surface area contributed by atoms with E-state index in [1.807, 2.05) is 0 Å². The van der Waals surface area contributed by atoms with Crippen LogP contribution in [0.25, 0.3) is 0 Å². The summed E-state index contributed by atoms with van der Waals surface area (Å²) in [7, 11) is 1.80. The molecule has 0 saturated carbocycles. The van der Waals surface area contributed by atoms with Crippen LogP contribution < -0.4 is 10.6 Å². The molecule has 1 aromatic rings. The lowest BCUT2D eigenvalue weighted by atomic mass is 9.89. The van der Waals surface area contributed by atoms with Crippen molar-refractivity contribution in [2.75, 3.05) is 33.4 Å². The Kier molecular flexibility index (Phi) is 7.35. The maximum Gasteiger partial charge on any atom is 0.191 e. The summed E-state index contributed by atoms with van der Waals surface area (Å²) in [5.74, 6) is 0.850. The zero-order valence-corrected chi connectivity index (χ0v) is 16.3. The minimum Gasteiger partial charge on any atom is -0.380 e. The maximum atomic E-state index is 5.25. The predicted octanol–water partition coefficient (Wildman–Crippen LogP) is 2.12. The first-order valence-corrected chi connectivity index (χ1v) is 7.79. The number of aliphatic imine (C=N–C) groups is 1. The summed E-state index contributed by atoms with van der Waals surface area (Å²) >= 11 is 1.78. The van der Waals surface area contributed by atoms with Crippen molar-refractivity contribution in [3.8, 4) is 0 Å². The number of aromatic nitrogens is 1. The van der Waals surface area contributed by atoms with Crippen LogP contribution >= 0.6 is 35.3 Å². The van der Waals surface area contributed by atoms with Gasteiger partial charge in [0.25, 0.3) is 0 Å². The highest BCUT2D eigenvalue weighted by molar-refractivity contribution is 14.0. The van der Waals surface area contributed by atoms with Crippen LogP contribution in [0.4, 0.5) is 0 Å². The first-order chi connectivity index (χ1) is 9.52. The summed E-state index contributed by atoms with van der Waals surface area (Å²) in [4.78, 5) is 10.1. The van der Waals surface area contributed by atoms with Crippen LogP contribution in [0.3, 0.4) is 0 Å². The molecule has 5 nitrogen and oxygen atoms in total. The molecule has 2 rings (SSSR count). The van der Waals surface area contributed by atoms with Gasteiger partial charge >= 0.3 is 0 Å². The highest BCUT2D eigenvalue weighted by atomic mass is 127. The molecule has 1 aromatic heterocycles. The number of nitrogens with one attached hydrogen (secondary N) is 2. The molecule has 1 saturated heterocycles. The average Bonchev–Trinajstić information content (AvgIpc) is 2.70. The molecule has 0 aliphatic carbocycles. The van der Waals surface area contributed by atoms with Gasteiger partial charge < -0.3 is 15.4 Å². The van der Waals surface area contributed by atoms with Crippen molar-refractivity contribution in [3.63, 3.8) is 0 Å². The summed E-state index contributed by atoms with van der Waals surface area (Å²) in [6.07, 6.45) is 0.931. The van der Waals surface area contributed by atoms with Gasteiger partial charge in [0.15, 0.2) is 5.96 Å². The summed E-state index contributed by atoms with van der Waals surface area (Å²) < 4.78 is 5.25. The Morgan fingerprint density at radius 2 is 2.10 bits per heavy atom. The molecular formula is C14H25IN4OS. The Labute approximate surface area is 148 Å². The second-order valence-electron chi connectivity index (χ2n) is 5.66. The first-order valence-electron chi connectivity index (χ1n) is 6.97. The van der Waals surface area contributed by atoms with E-state index in [1.165, 1.54) is 9.88 Å². The molecule has 0 radical (unpaired) electrons. The van der Waals surface area contributed by atoms with Crippen molar-refractivity contribution >= 4 is 41.3 Å². The van der Waals surface area contributed by atoms with Gasteiger partial charge in [-0.1, -0.05) is 6.92 Å². The SMILES string of the molecule is CN=C(NCCc1nc(C)c(C)s1)NCC1(C)COC1.I. The number of aryl methyl sites for hydroxylation is 2. The van der Waals surface area contributed by atoms with Crippen molar-refractivity contribution in [2.24, 2.45) is 10.4 Å². The maximum absolute atomic E-state index is 5.25. The zero-order valence-electron chi connectivity index (χ0n) is 13.2. The van der Waals surface area contributed by atoms with Crippen LogP contribution in [0.1, 0.15) is 22.5 Å². The molecule has 2 heterocycles. The largest absolute Gasteiger partial charge is 0.380 e. The quantitative estimate of drug-likeness (QED) is 0.432. The fraction of sp³-hybridized carbons (Fsp3) is 0.714. The fourth-order valence-corrected chi connectivity index (χ4v) is 2.94. The molecule has 2 N–H and O–H groups in total. The molecule has 0 atom stereocenters. The number of rotatable bonds is 5. The highest BCUT2D eigenvalue weighted by Crippen LogP contribution is 2.24. The van der Waals surface area contributed by atoms with Gasteiger partial charge in [0, 0.05) is 36.9 Å². The van der Waals surface area contributed by atoms with Crippen LogP contribution in [-0.2, 0) is 11.2 Å². The van der Waals surface area contributed by atoms with E-state index < -0.39 is 0 Å². The van der Waals surface area contributed by atoms with Crippen LogP contribution in [0.2, 0.25) is 0 Å². The van der Waals surface area contributed by atoms with Gasteiger partial charge in [-0.25, -0.2) is 4.98 Å². The summed E-state index contributed by atoms with van der Waals surface area (Å²) in [5, 5.41) is 7.87. The van der Waals surface area contributed by atoms with E-state index in [-0.39, 0.29) is 29.4 Å². The van der Waals surface area contributed by atoms with E-state index in [0.717, 1.165) is 44.4 Å². The van der Waals surface area contributed by atoms with E-state index in [9.17, 15) is 0 Å². The Hall–Kier alpha value is -0.410. The summed E-state index contributed by atoms with van der Waals surface area (Å²) in [5.41, 5.74) is 1.40. The molecule has 21 heavy (non-hydrogen) atoms. The third kappa shape index (κ3) is 5.37. The number of ether oxygens (including phenoxy) is 1. The molecule has 120 valence electrons. The Morgan fingerprint density at radius 3 is 2.57 bits per heavy atom. The Balaban J connectivity index is 0.00000220. The van der Waals surface area contributed by atoms with Crippen molar-refractivity contribution in [2.45, 2.75) is 27.2 Å². The molecule has 0 spiro atoms.